The van der Waals surface area contributed by atoms with Gasteiger partial charge in [-0.2, -0.15) is 0 Å². The second-order valence-electron chi connectivity index (χ2n) is 4.81. The molecule has 1 spiro atoms. The molecule has 2 rings (SSSR count). The van der Waals surface area contributed by atoms with Gasteiger partial charge in [0, 0.05) is 5.54 Å². The van der Waals surface area contributed by atoms with Crippen molar-refractivity contribution >= 4 is 5.91 Å². The van der Waals surface area contributed by atoms with E-state index in [-0.39, 0.29) is 11.4 Å². The van der Waals surface area contributed by atoms with Crippen LogP contribution in [-0.2, 0) is 4.79 Å². The predicted octanol–water partition coefficient (Wildman–Crippen LogP) is 0.927. The lowest BCUT2D eigenvalue weighted by Crippen LogP contribution is -2.54. The van der Waals surface area contributed by atoms with Gasteiger partial charge >= 0.3 is 0 Å². The maximum Gasteiger partial charge on any atom is 0.237 e. The molecule has 2 fully saturated rings. The number of nitrogens with two attached hydrogens (primary N) is 1. The fraction of sp³-hybridized carbons (Fsp3) is 0.900. The number of primary amides is 1. The molecule has 2 aliphatic rings. The fourth-order valence-corrected chi connectivity index (χ4v) is 2.81. The van der Waals surface area contributed by atoms with Crippen molar-refractivity contribution in [2.45, 2.75) is 56.5 Å². The van der Waals surface area contributed by atoms with E-state index in [1.165, 1.54) is 25.7 Å². The summed E-state index contributed by atoms with van der Waals surface area (Å²) < 4.78 is 0. The highest BCUT2D eigenvalue weighted by Crippen LogP contribution is 2.41. The molecule has 1 unspecified atom stereocenters. The summed E-state index contributed by atoms with van der Waals surface area (Å²) in [5, 5.41) is 3.47. The minimum absolute atomic E-state index is 0.198. The number of nitrogens with one attached hydrogen (secondary N) is 1. The second kappa shape index (κ2) is 2.71. The van der Waals surface area contributed by atoms with Crippen LogP contribution in [0, 0.1) is 0 Å². The SMILES string of the molecule is CC1(C(N)=O)CCC2(CCCC2)N1. The Kier molecular flexibility index (Phi) is 1.88. The van der Waals surface area contributed by atoms with Crippen LogP contribution >= 0.6 is 0 Å². The van der Waals surface area contributed by atoms with Crippen LogP contribution in [0.3, 0.4) is 0 Å². The van der Waals surface area contributed by atoms with Crippen LogP contribution in [0.1, 0.15) is 45.4 Å². The Labute approximate surface area is 79.1 Å². The third kappa shape index (κ3) is 1.35. The third-order valence-corrected chi connectivity index (χ3v) is 3.75. The minimum Gasteiger partial charge on any atom is -0.368 e. The lowest BCUT2D eigenvalue weighted by molar-refractivity contribution is -0.123. The number of amides is 1. The molecule has 0 aromatic heterocycles. The van der Waals surface area contributed by atoms with Crippen LogP contribution in [0.5, 0.6) is 0 Å². The largest absolute Gasteiger partial charge is 0.368 e. The van der Waals surface area contributed by atoms with Gasteiger partial charge in [0.1, 0.15) is 0 Å². The average Bonchev–Trinajstić information content (AvgIpc) is 2.62. The van der Waals surface area contributed by atoms with Crippen LogP contribution in [0.25, 0.3) is 0 Å². The molecular formula is C10H18N2O. The number of rotatable bonds is 1. The van der Waals surface area contributed by atoms with Gasteiger partial charge in [-0.1, -0.05) is 12.8 Å². The normalized spacial score (nSPS) is 37.0. The summed E-state index contributed by atoms with van der Waals surface area (Å²) in [7, 11) is 0. The maximum absolute atomic E-state index is 11.2. The quantitative estimate of drug-likeness (QED) is 0.633. The van der Waals surface area contributed by atoms with Crippen molar-refractivity contribution in [3.63, 3.8) is 0 Å². The molecule has 0 radical (unpaired) electrons. The van der Waals surface area contributed by atoms with Crippen molar-refractivity contribution in [2.24, 2.45) is 5.73 Å². The van der Waals surface area contributed by atoms with Crippen LogP contribution in [-0.4, -0.2) is 17.0 Å². The van der Waals surface area contributed by atoms with Crippen molar-refractivity contribution in [1.82, 2.24) is 5.32 Å². The monoisotopic (exact) mass is 182 g/mol. The van der Waals surface area contributed by atoms with Gasteiger partial charge in [0.15, 0.2) is 0 Å². The summed E-state index contributed by atoms with van der Waals surface area (Å²) in [6.07, 6.45) is 7.05. The van der Waals surface area contributed by atoms with Crippen molar-refractivity contribution in [1.29, 1.82) is 0 Å². The molecule has 13 heavy (non-hydrogen) atoms. The zero-order valence-electron chi connectivity index (χ0n) is 8.23. The smallest absolute Gasteiger partial charge is 0.237 e. The van der Waals surface area contributed by atoms with E-state index >= 15 is 0 Å². The Bertz CT molecular complexity index is 233. The molecule has 3 N–H and O–H groups in total. The van der Waals surface area contributed by atoms with Crippen molar-refractivity contribution in [3.05, 3.63) is 0 Å². The first-order valence-electron chi connectivity index (χ1n) is 5.16. The summed E-state index contributed by atoms with van der Waals surface area (Å²) in [5.41, 5.74) is 5.20. The van der Waals surface area contributed by atoms with Crippen LogP contribution in [0.2, 0.25) is 0 Å². The molecular weight excluding hydrogens is 164 g/mol. The average molecular weight is 182 g/mol. The van der Waals surface area contributed by atoms with Crippen molar-refractivity contribution in [3.8, 4) is 0 Å². The highest BCUT2D eigenvalue weighted by Gasteiger charge is 2.48. The first kappa shape index (κ1) is 9.00. The summed E-state index contributed by atoms with van der Waals surface area (Å²) in [6.45, 7) is 1.93. The van der Waals surface area contributed by atoms with Gasteiger partial charge in [0.05, 0.1) is 5.54 Å². The van der Waals surface area contributed by atoms with Gasteiger partial charge in [-0.15, -0.1) is 0 Å². The summed E-state index contributed by atoms with van der Waals surface area (Å²) in [6, 6.07) is 0. The number of hydrogen-bond donors (Lipinski definition) is 2. The van der Waals surface area contributed by atoms with Gasteiger partial charge in [0.25, 0.3) is 0 Å². The van der Waals surface area contributed by atoms with E-state index in [0.29, 0.717) is 0 Å². The molecule has 1 saturated carbocycles. The van der Waals surface area contributed by atoms with Crippen molar-refractivity contribution < 1.29 is 4.79 Å². The molecule has 1 saturated heterocycles. The van der Waals surface area contributed by atoms with Gasteiger partial charge in [-0.25, -0.2) is 0 Å². The van der Waals surface area contributed by atoms with Crippen LogP contribution < -0.4 is 11.1 Å². The Morgan fingerprint density at radius 3 is 2.31 bits per heavy atom. The highest BCUT2D eigenvalue weighted by atomic mass is 16.1. The van der Waals surface area contributed by atoms with Crippen molar-refractivity contribution in [2.75, 3.05) is 0 Å². The fourth-order valence-electron chi connectivity index (χ4n) is 2.81. The molecule has 1 heterocycles. The van der Waals surface area contributed by atoms with Crippen LogP contribution in [0.4, 0.5) is 0 Å². The van der Waals surface area contributed by atoms with E-state index < -0.39 is 5.54 Å². The molecule has 1 aliphatic carbocycles. The lowest BCUT2D eigenvalue weighted by Gasteiger charge is -2.28. The summed E-state index contributed by atoms with van der Waals surface area (Å²) >= 11 is 0. The molecule has 1 amide bonds. The predicted molar refractivity (Wildman–Crippen MR) is 51.2 cm³/mol. The Morgan fingerprint density at radius 1 is 1.23 bits per heavy atom. The third-order valence-electron chi connectivity index (χ3n) is 3.75. The number of carbonyl (C=O) groups is 1. The topological polar surface area (TPSA) is 55.1 Å². The van der Waals surface area contributed by atoms with E-state index in [0.717, 1.165) is 12.8 Å². The Hall–Kier alpha value is -0.570. The zero-order valence-corrected chi connectivity index (χ0v) is 8.23. The van der Waals surface area contributed by atoms with E-state index in [4.69, 9.17) is 5.73 Å². The molecule has 0 aromatic carbocycles. The van der Waals surface area contributed by atoms with E-state index in [9.17, 15) is 4.79 Å². The molecule has 0 bridgehead atoms. The highest BCUT2D eigenvalue weighted by molar-refractivity contribution is 5.84. The Morgan fingerprint density at radius 2 is 1.85 bits per heavy atom. The molecule has 3 nitrogen and oxygen atoms in total. The lowest BCUT2D eigenvalue weighted by atomic mass is 9.95. The molecule has 74 valence electrons. The summed E-state index contributed by atoms with van der Waals surface area (Å²) in [5.74, 6) is -0.198. The zero-order chi connectivity index (χ0) is 9.53. The van der Waals surface area contributed by atoms with Gasteiger partial charge in [-0.05, 0) is 32.6 Å². The summed E-state index contributed by atoms with van der Waals surface area (Å²) in [4.78, 5) is 11.2. The van der Waals surface area contributed by atoms with Gasteiger partial charge in [-0.3, -0.25) is 10.1 Å². The first-order valence-corrected chi connectivity index (χ1v) is 5.16. The number of hydrogen-bond acceptors (Lipinski definition) is 2. The standard InChI is InChI=1S/C10H18N2O/c1-9(8(11)13)6-7-10(12-9)4-2-3-5-10/h12H,2-7H2,1H3,(H2,11,13). The van der Waals surface area contributed by atoms with Crippen LogP contribution in [0.15, 0.2) is 0 Å². The maximum atomic E-state index is 11.2. The van der Waals surface area contributed by atoms with E-state index in [1.807, 2.05) is 6.92 Å². The first-order chi connectivity index (χ1) is 6.06. The molecule has 1 aliphatic heterocycles. The van der Waals surface area contributed by atoms with Gasteiger partial charge in [0.2, 0.25) is 5.91 Å². The molecule has 0 aromatic rings. The van der Waals surface area contributed by atoms with Gasteiger partial charge < -0.3 is 5.73 Å². The molecule has 3 heteroatoms. The second-order valence-corrected chi connectivity index (χ2v) is 4.81. The van der Waals surface area contributed by atoms with E-state index in [2.05, 4.69) is 5.32 Å². The number of carbonyl (C=O) groups excluding carboxylic acids is 1. The van der Waals surface area contributed by atoms with E-state index in [1.54, 1.807) is 0 Å². The minimum atomic E-state index is -0.440. The molecule has 1 atom stereocenters. The Balaban J connectivity index is 2.12.